The van der Waals surface area contributed by atoms with Crippen LogP contribution in [0.25, 0.3) is 22.6 Å². The Kier molecular flexibility index (Phi) is 5.75. The third-order valence-corrected chi connectivity index (χ3v) is 6.79. The summed E-state index contributed by atoms with van der Waals surface area (Å²) in [6.45, 7) is 2.00. The fraction of sp³-hybridized carbons (Fsp3) is 0.286. The molecule has 37 heavy (non-hydrogen) atoms. The van der Waals surface area contributed by atoms with Crippen molar-refractivity contribution < 1.29 is 9.59 Å². The van der Waals surface area contributed by atoms with Gasteiger partial charge in [-0.15, -0.1) is 0 Å². The van der Waals surface area contributed by atoms with Crippen LogP contribution in [0.4, 0.5) is 11.5 Å². The molecule has 0 unspecified atom stereocenters. The lowest BCUT2D eigenvalue weighted by atomic mass is 10.0. The van der Waals surface area contributed by atoms with Crippen LogP contribution < -0.4 is 10.6 Å². The fourth-order valence-electron chi connectivity index (χ4n) is 4.38. The summed E-state index contributed by atoms with van der Waals surface area (Å²) in [7, 11) is 1.88. The van der Waals surface area contributed by atoms with Crippen molar-refractivity contribution >= 4 is 23.3 Å². The van der Waals surface area contributed by atoms with E-state index in [0.717, 1.165) is 53.8 Å². The van der Waals surface area contributed by atoms with Crippen molar-refractivity contribution in [2.24, 2.45) is 13.0 Å². The van der Waals surface area contributed by atoms with Gasteiger partial charge in [-0.05, 0) is 74.6 Å². The van der Waals surface area contributed by atoms with Gasteiger partial charge >= 0.3 is 0 Å². The van der Waals surface area contributed by atoms with E-state index in [9.17, 15) is 9.59 Å². The molecule has 2 saturated carbocycles. The van der Waals surface area contributed by atoms with E-state index >= 15 is 0 Å². The number of benzene rings is 1. The first-order chi connectivity index (χ1) is 17.9. The van der Waals surface area contributed by atoms with E-state index in [4.69, 9.17) is 4.98 Å². The van der Waals surface area contributed by atoms with Crippen molar-refractivity contribution in [1.82, 2.24) is 24.7 Å². The molecule has 2 amide bonds. The summed E-state index contributed by atoms with van der Waals surface area (Å²) < 4.78 is 1.80. The molecule has 2 fully saturated rings. The number of carbonyl (C=O) groups excluding carboxylic acids is 2. The molecule has 9 heteroatoms. The zero-order valence-electron chi connectivity index (χ0n) is 20.7. The summed E-state index contributed by atoms with van der Waals surface area (Å²) in [6, 6.07) is 13.1. The Morgan fingerprint density at radius 3 is 2.54 bits per heavy atom. The Morgan fingerprint density at radius 1 is 0.946 bits per heavy atom. The summed E-state index contributed by atoms with van der Waals surface area (Å²) in [5, 5.41) is 10.2. The first-order valence-corrected chi connectivity index (χ1v) is 12.5. The highest BCUT2D eigenvalue weighted by Gasteiger charge is 2.30. The number of rotatable bonds is 7. The van der Waals surface area contributed by atoms with Crippen LogP contribution in [-0.2, 0) is 11.8 Å². The van der Waals surface area contributed by atoms with Crippen LogP contribution in [0.3, 0.4) is 0 Å². The molecule has 186 valence electrons. The molecular formula is C28H27N7O2. The van der Waals surface area contributed by atoms with Crippen LogP contribution in [0.1, 0.15) is 53.3 Å². The van der Waals surface area contributed by atoms with E-state index in [-0.39, 0.29) is 17.7 Å². The van der Waals surface area contributed by atoms with Gasteiger partial charge < -0.3 is 10.6 Å². The van der Waals surface area contributed by atoms with Crippen molar-refractivity contribution in [3.05, 3.63) is 71.8 Å². The monoisotopic (exact) mass is 493 g/mol. The Labute approximate surface area is 214 Å². The predicted octanol–water partition coefficient (Wildman–Crippen LogP) is 4.73. The lowest BCUT2D eigenvalue weighted by Gasteiger charge is -2.11. The molecule has 2 aliphatic carbocycles. The molecule has 3 aromatic heterocycles. The minimum absolute atomic E-state index is 0.00303. The van der Waals surface area contributed by atoms with Gasteiger partial charge in [-0.1, -0.05) is 6.07 Å². The SMILES string of the molecule is Cc1ccc(NC(=O)c2cc(C3CC3)n(C)n2)cc1-c1ccnc(-c2ccnc(NC(=O)C3CC3)c2)n1. The average Bonchev–Trinajstić information content (AvgIpc) is 3.83. The lowest BCUT2D eigenvalue weighted by Crippen LogP contribution is -2.14. The first-order valence-electron chi connectivity index (χ1n) is 12.5. The predicted molar refractivity (Wildman–Crippen MR) is 140 cm³/mol. The molecule has 0 aliphatic heterocycles. The third-order valence-electron chi connectivity index (χ3n) is 6.79. The van der Waals surface area contributed by atoms with E-state index in [1.807, 2.05) is 50.4 Å². The Bertz CT molecular complexity index is 1520. The maximum absolute atomic E-state index is 12.9. The second kappa shape index (κ2) is 9.24. The second-order valence-corrected chi connectivity index (χ2v) is 9.79. The Morgan fingerprint density at radius 2 is 1.76 bits per heavy atom. The highest BCUT2D eigenvalue weighted by molar-refractivity contribution is 6.03. The number of aryl methyl sites for hydroxylation is 2. The van der Waals surface area contributed by atoms with Gasteiger partial charge in [0.15, 0.2) is 11.5 Å². The molecular weight excluding hydrogens is 466 g/mol. The molecule has 1 aromatic carbocycles. The van der Waals surface area contributed by atoms with Crippen molar-refractivity contribution in [2.75, 3.05) is 10.6 Å². The van der Waals surface area contributed by atoms with Gasteiger partial charge in [0.1, 0.15) is 5.82 Å². The smallest absolute Gasteiger partial charge is 0.276 e. The van der Waals surface area contributed by atoms with Crippen molar-refractivity contribution in [2.45, 2.75) is 38.5 Å². The van der Waals surface area contributed by atoms with Crippen LogP contribution in [0, 0.1) is 12.8 Å². The van der Waals surface area contributed by atoms with Gasteiger partial charge in [0.25, 0.3) is 5.91 Å². The molecule has 2 N–H and O–H groups in total. The van der Waals surface area contributed by atoms with Crippen LogP contribution in [-0.4, -0.2) is 36.5 Å². The molecule has 0 bridgehead atoms. The fourth-order valence-corrected chi connectivity index (χ4v) is 4.38. The van der Waals surface area contributed by atoms with Crippen molar-refractivity contribution in [1.29, 1.82) is 0 Å². The summed E-state index contributed by atoms with van der Waals surface area (Å²) >= 11 is 0. The van der Waals surface area contributed by atoms with Crippen LogP contribution in [0.15, 0.2) is 54.9 Å². The van der Waals surface area contributed by atoms with E-state index in [2.05, 4.69) is 25.7 Å². The molecule has 4 aromatic rings. The lowest BCUT2D eigenvalue weighted by molar-refractivity contribution is -0.117. The normalized spacial score (nSPS) is 14.9. The maximum Gasteiger partial charge on any atom is 0.276 e. The van der Waals surface area contributed by atoms with Gasteiger partial charge in [0.05, 0.1) is 5.69 Å². The largest absolute Gasteiger partial charge is 0.321 e. The molecule has 3 heterocycles. The standard InChI is InChI=1S/C28H27N7O2/c1-16-3-8-20(31-28(37)23-15-24(17-4-5-17)35(2)34-23)14-21(16)22-10-12-30-26(32-22)19-9-11-29-25(13-19)33-27(36)18-6-7-18/h3,8-15,17-18H,4-7H2,1-2H3,(H,31,37)(H,29,33,36). The zero-order chi connectivity index (χ0) is 25.5. The topological polar surface area (TPSA) is 115 Å². The van der Waals surface area contributed by atoms with Crippen LogP contribution in [0.2, 0.25) is 0 Å². The van der Waals surface area contributed by atoms with Gasteiger partial charge in [0.2, 0.25) is 5.91 Å². The molecule has 6 rings (SSSR count). The van der Waals surface area contributed by atoms with Crippen LogP contribution in [0.5, 0.6) is 0 Å². The number of carbonyl (C=O) groups is 2. The highest BCUT2D eigenvalue weighted by Crippen LogP contribution is 2.40. The van der Waals surface area contributed by atoms with Gasteiger partial charge in [-0.25, -0.2) is 15.0 Å². The number of amides is 2. The van der Waals surface area contributed by atoms with Crippen molar-refractivity contribution in [3.63, 3.8) is 0 Å². The summed E-state index contributed by atoms with van der Waals surface area (Å²) in [4.78, 5) is 38.5. The average molecular weight is 494 g/mol. The molecule has 0 radical (unpaired) electrons. The van der Waals surface area contributed by atoms with E-state index in [0.29, 0.717) is 28.9 Å². The van der Waals surface area contributed by atoms with E-state index in [1.54, 1.807) is 23.1 Å². The van der Waals surface area contributed by atoms with E-state index in [1.165, 1.54) is 0 Å². The first kappa shape index (κ1) is 23.0. The third kappa shape index (κ3) is 4.97. The molecule has 9 nitrogen and oxygen atoms in total. The Balaban J connectivity index is 1.23. The molecule has 0 atom stereocenters. The molecule has 0 spiro atoms. The van der Waals surface area contributed by atoms with Crippen molar-refractivity contribution in [3.8, 4) is 22.6 Å². The zero-order valence-corrected chi connectivity index (χ0v) is 20.7. The van der Waals surface area contributed by atoms with Crippen LogP contribution >= 0.6 is 0 Å². The van der Waals surface area contributed by atoms with Gasteiger partial charge in [-0.3, -0.25) is 14.3 Å². The number of nitrogens with zero attached hydrogens (tertiary/aromatic N) is 5. The summed E-state index contributed by atoms with van der Waals surface area (Å²) in [5.41, 5.74) is 5.58. The number of hydrogen-bond acceptors (Lipinski definition) is 6. The minimum atomic E-state index is -0.238. The second-order valence-electron chi connectivity index (χ2n) is 9.79. The maximum atomic E-state index is 12.9. The summed E-state index contributed by atoms with van der Waals surface area (Å²) in [5.74, 6) is 1.39. The molecule has 2 aliphatic rings. The summed E-state index contributed by atoms with van der Waals surface area (Å²) in [6.07, 6.45) is 7.51. The number of pyridine rings is 1. The minimum Gasteiger partial charge on any atom is -0.321 e. The number of hydrogen-bond donors (Lipinski definition) is 2. The van der Waals surface area contributed by atoms with Gasteiger partial charge in [-0.2, -0.15) is 5.10 Å². The number of aromatic nitrogens is 5. The quantitative estimate of drug-likeness (QED) is 0.385. The van der Waals surface area contributed by atoms with E-state index < -0.39 is 0 Å². The number of nitrogens with one attached hydrogen (secondary N) is 2. The molecule has 0 saturated heterocycles. The highest BCUT2D eigenvalue weighted by atomic mass is 16.2. The van der Waals surface area contributed by atoms with Gasteiger partial charge in [0, 0.05) is 53.8 Å². The number of anilines is 2. The Hall–Kier alpha value is -4.40.